The van der Waals surface area contributed by atoms with Crippen LogP contribution in [0.15, 0.2) is 29.2 Å². The van der Waals surface area contributed by atoms with E-state index >= 15 is 0 Å². The van der Waals surface area contributed by atoms with Crippen LogP contribution in [0, 0.1) is 5.92 Å². The van der Waals surface area contributed by atoms with Crippen LogP contribution < -0.4 is 4.72 Å². The Hall–Kier alpha value is -1.45. The number of carbonyl (C=O) groups is 1. The van der Waals surface area contributed by atoms with Gasteiger partial charge in [-0.25, -0.2) is 21.6 Å². The first-order chi connectivity index (χ1) is 15.1. The second kappa shape index (κ2) is 10.7. The molecule has 1 saturated carbocycles. The Morgan fingerprint density at radius 1 is 0.969 bits per heavy atom. The SMILES string of the molecule is CC(C)S(=O)(=O)CC1CCN(C(=O)Cc2ccc(S(=O)(=O)NC3CCCCC3)cc2)CC1. The molecule has 0 unspecified atom stereocenters. The zero-order valence-corrected chi connectivity index (χ0v) is 20.8. The number of rotatable bonds is 8. The summed E-state index contributed by atoms with van der Waals surface area (Å²) in [6.07, 6.45) is 6.64. The van der Waals surface area contributed by atoms with E-state index in [4.69, 9.17) is 0 Å². The molecular formula is C23H36N2O5S2. The molecule has 1 aliphatic heterocycles. The van der Waals surface area contributed by atoms with Crippen LogP contribution in [-0.2, 0) is 31.1 Å². The van der Waals surface area contributed by atoms with E-state index in [-0.39, 0.29) is 40.2 Å². The van der Waals surface area contributed by atoms with Gasteiger partial charge in [0.1, 0.15) is 0 Å². The molecule has 1 amide bonds. The summed E-state index contributed by atoms with van der Waals surface area (Å²) in [5, 5.41) is -0.369. The predicted molar refractivity (Wildman–Crippen MR) is 126 cm³/mol. The number of amides is 1. The van der Waals surface area contributed by atoms with Crippen LogP contribution in [0.25, 0.3) is 0 Å². The first-order valence-electron chi connectivity index (χ1n) is 11.7. The summed E-state index contributed by atoms with van der Waals surface area (Å²) in [6, 6.07) is 6.55. The fourth-order valence-corrected chi connectivity index (χ4v) is 7.13. The maximum Gasteiger partial charge on any atom is 0.240 e. The molecule has 180 valence electrons. The van der Waals surface area contributed by atoms with Crippen molar-refractivity contribution in [3.63, 3.8) is 0 Å². The molecule has 1 aliphatic carbocycles. The second-order valence-corrected chi connectivity index (χ2v) is 13.8. The highest BCUT2D eigenvalue weighted by Crippen LogP contribution is 2.22. The van der Waals surface area contributed by atoms with Gasteiger partial charge in [0, 0.05) is 19.1 Å². The number of sulfonamides is 1. The van der Waals surface area contributed by atoms with E-state index in [2.05, 4.69) is 4.72 Å². The van der Waals surface area contributed by atoms with Crippen molar-refractivity contribution >= 4 is 25.8 Å². The third kappa shape index (κ3) is 6.78. The highest BCUT2D eigenvalue weighted by molar-refractivity contribution is 7.92. The molecule has 0 radical (unpaired) electrons. The number of benzene rings is 1. The smallest absolute Gasteiger partial charge is 0.240 e. The second-order valence-electron chi connectivity index (χ2n) is 9.48. The van der Waals surface area contributed by atoms with E-state index in [1.54, 1.807) is 43.0 Å². The minimum atomic E-state index is -3.55. The molecule has 0 aromatic heterocycles. The summed E-state index contributed by atoms with van der Waals surface area (Å²) in [4.78, 5) is 14.7. The van der Waals surface area contributed by atoms with Crippen molar-refractivity contribution < 1.29 is 21.6 Å². The number of piperidine rings is 1. The van der Waals surface area contributed by atoms with Gasteiger partial charge in [-0.15, -0.1) is 0 Å². The van der Waals surface area contributed by atoms with Crippen molar-refractivity contribution in [1.29, 1.82) is 0 Å². The summed E-state index contributed by atoms with van der Waals surface area (Å²) in [6.45, 7) is 4.54. The average molecular weight is 485 g/mol. The lowest BCUT2D eigenvalue weighted by Crippen LogP contribution is -2.41. The minimum Gasteiger partial charge on any atom is -0.342 e. The summed E-state index contributed by atoms with van der Waals surface area (Å²) < 4.78 is 52.3. The quantitative estimate of drug-likeness (QED) is 0.611. The monoisotopic (exact) mass is 484 g/mol. The van der Waals surface area contributed by atoms with Crippen LogP contribution in [-0.4, -0.2) is 57.8 Å². The number of likely N-dealkylation sites (tertiary alicyclic amines) is 1. The van der Waals surface area contributed by atoms with E-state index in [1.165, 1.54) is 0 Å². The molecule has 32 heavy (non-hydrogen) atoms. The highest BCUT2D eigenvalue weighted by Gasteiger charge is 2.28. The zero-order chi connectivity index (χ0) is 23.4. The lowest BCUT2D eigenvalue weighted by atomic mass is 9.96. The Morgan fingerprint density at radius 3 is 2.12 bits per heavy atom. The lowest BCUT2D eigenvalue weighted by molar-refractivity contribution is -0.131. The molecule has 0 spiro atoms. The van der Waals surface area contributed by atoms with Crippen LogP contribution in [0.4, 0.5) is 0 Å². The number of hydrogen-bond donors (Lipinski definition) is 1. The fourth-order valence-electron chi connectivity index (χ4n) is 4.45. The first-order valence-corrected chi connectivity index (χ1v) is 14.9. The normalized spacial score (nSPS) is 19.4. The molecule has 1 N–H and O–H groups in total. The molecule has 0 bridgehead atoms. The maximum absolute atomic E-state index is 12.7. The van der Waals surface area contributed by atoms with Gasteiger partial charge in [0.2, 0.25) is 15.9 Å². The van der Waals surface area contributed by atoms with Crippen LogP contribution in [0.2, 0.25) is 0 Å². The van der Waals surface area contributed by atoms with Crippen LogP contribution >= 0.6 is 0 Å². The van der Waals surface area contributed by atoms with E-state index < -0.39 is 19.9 Å². The van der Waals surface area contributed by atoms with Gasteiger partial charge in [0.05, 0.1) is 22.3 Å². The molecule has 0 atom stereocenters. The predicted octanol–water partition coefficient (Wildman–Crippen LogP) is 2.90. The van der Waals surface area contributed by atoms with Gasteiger partial charge < -0.3 is 4.90 Å². The molecule has 2 aliphatic rings. The Kier molecular flexibility index (Phi) is 8.38. The Bertz CT molecular complexity index is 974. The molecule has 1 saturated heterocycles. The number of carbonyl (C=O) groups excluding carboxylic acids is 1. The van der Waals surface area contributed by atoms with Gasteiger partial charge in [-0.2, -0.15) is 0 Å². The van der Waals surface area contributed by atoms with Crippen LogP contribution in [0.5, 0.6) is 0 Å². The van der Waals surface area contributed by atoms with E-state index in [1.807, 2.05) is 0 Å². The lowest BCUT2D eigenvalue weighted by Gasteiger charge is -2.32. The van der Waals surface area contributed by atoms with E-state index in [9.17, 15) is 21.6 Å². The van der Waals surface area contributed by atoms with Gasteiger partial charge in [-0.05, 0) is 63.1 Å². The summed E-state index contributed by atoms with van der Waals surface area (Å²) in [5.74, 6) is 0.288. The number of sulfone groups is 1. The number of nitrogens with one attached hydrogen (secondary N) is 1. The van der Waals surface area contributed by atoms with Gasteiger partial charge >= 0.3 is 0 Å². The first kappa shape index (κ1) is 25.2. The third-order valence-corrected chi connectivity index (χ3v) is 10.6. The molecule has 7 nitrogen and oxygen atoms in total. The van der Waals surface area contributed by atoms with Crippen molar-refractivity contribution in [2.75, 3.05) is 18.8 Å². The van der Waals surface area contributed by atoms with Gasteiger partial charge in [-0.3, -0.25) is 4.79 Å². The van der Waals surface area contributed by atoms with E-state index in [0.717, 1.165) is 37.7 Å². The highest BCUT2D eigenvalue weighted by atomic mass is 32.2. The van der Waals surface area contributed by atoms with Crippen molar-refractivity contribution in [1.82, 2.24) is 9.62 Å². The Labute approximate surface area is 192 Å². The molecule has 2 fully saturated rings. The van der Waals surface area contributed by atoms with E-state index in [0.29, 0.717) is 25.9 Å². The van der Waals surface area contributed by atoms with Crippen molar-refractivity contribution in [3.05, 3.63) is 29.8 Å². The Balaban J connectivity index is 1.50. The summed E-state index contributed by atoms with van der Waals surface area (Å²) in [5.41, 5.74) is 0.774. The molecule has 3 rings (SSSR count). The number of hydrogen-bond acceptors (Lipinski definition) is 5. The number of nitrogens with zero attached hydrogens (tertiary/aromatic N) is 1. The summed E-state index contributed by atoms with van der Waals surface area (Å²) >= 11 is 0. The zero-order valence-electron chi connectivity index (χ0n) is 19.1. The maximum atomic E-state index is 12.7. The molecular weight excluding hydrogens is 448 g/mol. The third-order valence-electron chi connectivity index (χ3n) is 6.67. The standard InChI is InChI=1S/C23H36N2O5S2/c1-18(2)31(27,28)17-20-12-14-25(15-13-20)23(26)16-19-8-10-22(11-9-19)32(29,30)24-21-6-4-3-5-7-21/h8-11,18,20-21,24H,3-7,12-17H2,1-2H3. The topological polar surface area (TPSA) is 101 Å². The van der Waals surface area contributed by atoms with Crippen molar-refractivity contribution in [3.8, 4) is 0 Å². The molecule has 9 heteroatoms. The van der Waals surface area contributed by atoms with Crippen LogP contribution in [0.1, 0.15) is 64.4 Å². The van der Waals surface area contributed by atoms with Gasteiger partial charge in [0.25, 0.3) is 0 Å². The largest absolute Gasteiger partial charge is 0.342 e. The average Bonchev–Trinajstić information content (AvgIpc) is 2.74. The fraction of sp³-hybridized carbons (Fsp3) is 0.696. The minimum absolute atomic E-state index is 0.00783. The van der Waals surface area contributed by atoms with Crippen molar-refractivity contribution in [2.45, 2.75) is 81.4 Å². The Morgan fingerprint density at radius 2 is 1.56 bits per heavy atom. The molecule has 1 aromatic rings. The van der Waals surface area contributed by atoms with Crippen molar-refractivity contribution in [2.24, 2.45) is 5.92 Å². The van der Waals surface area contributed by atoms with Gasteiger partial charge in [-0.1, -0.05) is 31.4 Å². The van der Waals surface area contributed by atoms with Gasteiger partial charge in [0.15, 0.2) is 9.84 Å². The van der Waals surface area contributed by atoms with Crippen LogP contribution in [0.3, 0.4) is 0 Å². The summed E-state index contributed by atoms with van der Waals surface area (Å²) in [7, 11) is -6.62. The molecule has 1 aromatic carbocycles. The molecule has 1 heterocycles.